The predicted octanol–water partition coefficient (Wildman–Crippen LogP) is 1.22. The molecule has 1 heterocycles. The Bertz CT molecular complexity index is 234. The Morgan fingerprint density at radius 3 is 2.93 bits per heavy atom. The predicted molar refractivity (Wildman–Crippen MR) is 57.3 cm³/mol. The van der Waals surface area contributed by atoms with Crippen LogP contribution >= 0.6 is 0 Å². The standard InChI is InChI=1S/C11H19NO3/c1-4-5-9(10-12-6-7-14-10)15-11(13)8(2)3/h9-10,12H,2,4-7H2,1,3H3. The second-order valence-electron chi connectivity index (χ2n) is 3.76. The van der Waals surface area contributed by atoms with E-state index >= 15 is 0 Å². The van der Waals surface area contributed by atoms with Gasteiger partial charge in [0.1, 0.15) is 12.3 Å². The molecule has 0 aromatic heterocycles. The summed E-state index contributed by atoms with van der Waals surface area (Å²) < 4.78 is 10.7. The largest absolute Gasteiger partial charge is 0.455 e. The van der Waals surface area contributed by atoms with Gasteiger partial charge in [0, 0.05) is 12.1 Å². The summed E-state index contributed by atoms with van der Waals surface area (Å²) in [6.07, 6.45) is 1.39. The zero-order chi connectivity index (χ0) is 11.3. The Morgan fingerprint density at radius 1 is 1.73 bits per heavy atom. The lowest BCUT2D eigenvalue weighted by Gasteiger charge is -2.22. The van der Waals surface area contributed by atoms with Crippen molar-refractivity contribution in [3.8, 4) is 0 Å². The van der Waals surface area contributed by atoms with Crippen LogP contribution in [0.4, 0.5) is 0 Å². The molecule has 0 spiro atoms. The van der Waals surface area contributed by atoms with Crippen LogP contribution < -0.4 is 5.32 Å². The van der Waals surface area contributed by atoms with Gasteiger partial charge >= 0.3 is 5.97 Å². The van der Waals surface area contributed by atoms with Crippen molar-refractivity contribution in [1.29, 1.82) is 0 Å². The number of rotatable bonds is 5. The molecule has 0 saturated carbocycles. The molecule has 4 heteroatoms. The van der Waals surface area contributed by atoms with Crippen molar-refractivity contribution >= 4 is 5.97 Å². The molecule has 0 bridgehead atoms. The first-order chi connectivity index (χ1) is 7.15. The van der Waals surface area contributed by atoms with E-state index in [-0.39, 0.29) is 18.3 Å². The zero-order valence-electron chi connectivity index (χ0n) is 9.41. The minimum atomic E-state index is -0.342. The average molecular weight is 213 g/mol. The quantitative estimate of drug-likeness (QED) is 0.551. The van der Waals surface area contributed by atoms with Crippen LogP contribution in [0.3, 0.4) is 0 Å². The smallest absolute Gasteiger partial charge is 0.333 e. The van der Waals surface area contributed by atoms with Crippen LogP contribution in [0.2, 0.25) is 0 Å². The highest BCUT2D eigenvalue weighted by Crippen LogP contribution is 2.13. The summed E-state index contributed by atoms with van der Waals surface area (Å²) in [5.74, 6) is -0.342. The topological polar surface area (TPSA) is 47.6 Å². The van der Waals surface area contributed by atoms with Gasteiger partial charge in [-0.05, 0) is 13.3 Å². The van der Waals surface area contributed by atoms with Gasteiger partial charge in [-0.25, -0.2) is 4.79 Å². The van der Waals surface area contributed by atoms with Gasteiger partial charge in [0.05, 0.1) is 6.61 Å². The van der Waals surface area contributed by atoms with E-state index in [0.29, 0.717) is 12.2 Å². The molecular weight excluding hydrogens is 194 g/mol. The third kappa shape index (κ3) is 3.64. The first-order valence-corrected chi connectivity index (χ1v) is 5.36. The third-order valence-electron chi connectivity index (χ3n) is 2.26. The van der Waals surface area contributed by atoms with Crippen molar-refractivity contribution in [2.75, 3.05) is 13.2 Å². The molecule has 0 aromatic rings. The van der Waals surface area contributed by atoms with Crippen LogP contribution in [-0.4, -0.2) is 31.5 Å². The first-order valence-electron chi connectivity index (χ1n) is 5.36. The Morgan fingerprint density at radius 2 is 2.47 bits per heavy atom. The molecule has 15 heavy (non-hydrogen) atoms. The van der Waals surface area contributed by atoms with Gasteiger partial charge in [-0.2, -0.15) is 0 Å². The fourth-order valence-corrected chi connectivity index (χ4v) is 1.48. The van der Waals surface area contributed by atoms with E-state index in [9.17, 15) is 4.79 Å². The molecule has 1 aliphatic heterocycles. The van der Waals surface area contributed by atoms with Crippen LogP contribution in [0.15, 0.2) is 12.2 Å². The maximum absolute atomic E-state index is 11.4. The molecule has 1 fully saturated rings. The minimum Gasteiger partial charge on any atom is -0.455 e. The molecule has 2 atom stereocenters. The van der Waals surface area contributed by atoms with E-state index < -0.39 is 0 Å². The normalized spacial score (nSPS) is 22.4. The maximum Gasteiger partial charge on any atom is 0.333 e. The summed E-state index contributed by atoms with van der Waals surface area (Å²) in [5, 5.41) is 3.16. The number of nitrogens with one attached hydrogen (secondary N) is 1. The lowest BCUT2D eigenvalue weighted by atomic mass is 10.2. The zero-order valence-corrected chi connectivity index (χ0v) is 9.41. The number of hydrogen-bond donors (Lipinski definition) is 1. The number of ether oxygens (including phenoxy) is 2. The maximum atomic E-state index is 11.4. The monoisotopic (exact) mass is 213 g/mol. The molecule has 0 amide bonds. The Hall–Kier alpha value is -0.870. The molecule has 86 valence electrons. The van der Waals surface area contributed by atoms with Crippen LogP contribution in [0.25, 0.3) is 0 Å². The summed E-state index contributed by atoms with van der Waals surface area (Å²) in [7, 11) is 0. The fourth-order valence-electron chi connectivity index (χ4n) is 1.48. The molecular formula is C11H19NO3. The molecule has 0 radical (unpaired) electrons. The molecule has 1 aliphatic rings. The lowest BCUT2D eigenvalue weighted by molar-refractivity contribution is -0.152. The molecule has 1 N–H and O–H groups in total. The van der Waals surface area contributed by atoms with E-state index in [4.69, 9.17) is 9.47 Å². The number of esters is 1. The van der Waals surface area contributed by atoms with E-state index in [0.717, 1.165) is 19.4 Å². The van der Waals surface area contributed by atoms with Crippen molar-refractivity contribution in [3.05, 3.63) is 12.2 Å². The average Bonchev–Trinajstić information content (AvgIpc) is 2.69. The summed E-state index contributed by atoms with van der Waals surface area (Å²) >= 11 is 0. The second kappa shape index (κ2) is 5.88. The van der Waals surface area contributed by atoms with Crippen LogP contribution in [-0.2, 0) is 14.3 Å². The van der Waals surface area contributed by atoms with Crippen LogP contribution in [0.5, 0.6) is 0 Å². The summed E-state index contributed by atoms with van der Waals surface area (Å²) in [6.45, 7) is 8.75. The number of carbonyl (C=O) groups excluding carboxylic acids is 1. The Labute approximate surface area is 90.6 Å². The van der Waals surface area contributed by atoms with E-state index in [1.807, 2.05) is 0 Å². The highest BCUT2D eigenvalue weighted by Gasteiger charge is 2.28. The minimum absolute atomic E-state index is 0.159. The Kier molecular flexibility index (Phi) is 4.78. The first kappa shape index (κ1) is 12.2. The lowest BCUT2D eigenvalue weighted by Crippen LogP contribution is -2.39. The summed E-state index contributed by atoms with van der Waals surface area (Å²) in [5.41, 5.74) is 0.425. The number of carbonyl (C=O) groups is 1. The Balaban J connectivity index is 2.49. The third-order valence-corrected chi connectivity index (χ3v) is 2.26. The highest BCUT2D eigenvalue weighted by atomic mass is 16.6. The summed E-state index contributed by atoms with van der Waals surface area (Å²) in [6, 6.07) is 0. The van der Waals surface area contributed by atoms with Crippen molar-refractivity contribution in [3.63, 3.8) is 0 Å². The van der Waals surface area contributed by atoms with Crippen molar-refractivity contribution in [1.82, 2.24) is 5.32 Å². The van der Waals surface area contributed by atoms with Gasteiger partial charge in [-0.1, -0.05) is 19.9 Å². The van der Waals surface area contributed by atoms with Gasteiger partial charge in [0.15, 0.2) is 0 Å². The molecule has 0 aromatic carbocycles. The van der Waals surface area contributed by atoms with Crippen molar-refractivity contribution in [2.24, 2.45) is 0 Å². The van der Waals surface area contributed by atoms with Gasteiger partial charge < -0.3 is 9.47 Å². The summed E-state index contributed by atoms with van der Waals surface area (Å²) in [4.78, 5) is 11.4. The molecule has 1 rings (SSSR count). The second-order valence-corrected chi connectivity index (χ2v) is 3.76. The molecule has 1 saturated heterocycles. The number of hydrogen-bond acceptors (Lipinski definition) is 4. The van der Waals surface area contributed by atoms with Gasteiger partial charge in [0.2, 0.25) is 0 Å². The van der Waals surface area contributed by atoms with E-state index in [2.05, 4.69) is 18.8 Å². The molecule has 2 unspecified atom stereocenters. The van der Waals surface area contributed by atoms with E-state index in [1.54, 1.807) is 6.92 Å². The van der Waals surface area contributed by atoms with E-state index in [1.165, 1.54) is 0 Å². The van der Waals surface area contributed by atoms with Gasteiger partial charge in [0.25, 0.3) is 0 Å². The van der Waals surface area contributed by atoms with Gasteiger partial charge in [-0.3, -0.25) is 5.32 Å². The fraction of sp³-hybridized carbons (Fsp3) is 0.727. The van der Waals surface area contributed by atoms with Crippen molar-refractivity contribution < 1.29 is 14.3 Å². The molecule has 0 aliphatic carbocycles. The van der Waals surface area contributed by atoms with Crippen LogP contribution in [0.1, 0.15) is 26.7 Å². The van der Waals surface area contributed by atoms with Crippen molar-refractivity contribution in [2.45, 2.75) is 39.0 Å². The van der Waals surface area contributed by atoms with Gasteiger partial charge in [-0.15, -0.1) is 0 Å². The molecule has 4 nitrogen and oxygen atoms in total. The highest BCUT2D eigenvalue weighted by molar-refractivity contribution is 5.87. The van der Waals surface area contributed by atoms with Crippen LogP contribution in [0, 0.1) is 0 Å². The SMILES string of the molecule is C=C(C)C(=O)OC(CCC)C1NCCO1.